The van der Waals surface area contributed by atoms with Gasteiger partial charge in [0, 0.05) is 12.6 Å². The first-order valence-electron chi connectivity index (χ1n) is 6.58. The van der Waals surface area contributed by atoms with E-state index in [1.165, 1.54) is 31.4 Å². The van der Waals surface area contributed by atoms with Crippen molar-refractivity contribution in [2.45, 2.75) is 52.1 Å². The summed E-state index contributed by atoms with van der Waals surface area (Å²) in [5.41, 5.74) is 1.38. The molecule has 1 aromatic heterocycles. The Labute approximate surface area is 103 Å². The van der Waals surface area contributed by atoms with Crippen molar-refractivity contribution in [2.75, 3.05) is 6.54 Å². The van der Waals surface area contributed by atoms with Crippen LogP contribution in [0.15, 0.2) is 11.9 Å². The molecule has 1 unspecified atom stereocenters. The predicted molar refractivity (Wildman–Crippen MR) is 69.6 cm³/mol. The SMILES string of the molecule is CCn1ncnc1/C=C(/C)CC1CCCCN1. The number of aromatic nitrogens is 3. The molecule has 1 aliphatic rings. The van der Waals surface area contributed by atoms with Crippen LogP contribution < -0.4 is 5.32 Å². The lowest BCUT2D eigenvalue weighted by Crippen LogP contribution is -2.33. The highest BCUT2D eigenvalue weighted by atomic mass is 15.3. The fraction of sp³-hybridized carbons (Fsp3) is 0.692. The van der Waals surface area contributed by atoms with Crippen molar-refractivity contribution in [1.29, 1.82) is 0 Å². The van der Waals surface area contributed by atoms with Crippen LogP contribution in [0.25, 0.3) is 6.08 Å². The van der Waals surface area contributed by atoms with Gasteiger partial charge in [-0.1, -0.05) is 12.0 Å². The molecule has 1 N–H and O–H groups in total. The zero-order chi connectivity index (χ0) is 12.1. The molecule has 1 fully saturated rings. The monoisotopic (exact) mass is 234 g/mol. The molecule has 1 aliphatic heterocycles. The average Bonchev–Trinajstić information content (AvgIpc) is 2.77. The summed E-state index contributed by atoms with van der Waals surface area (Å²) in [4.78, 5) is 4.28. The zero-order valence-electron chi connectivity index (χ0n) is 10.8. The van der Waals surface area contributed by atoms with Gasteiger partial charge >= 0.3 is 0 Å². The Morgan fingerprint density at radius 1 is 1.59 bits per heavy atom. The summed E-state index contributed by atoms with van der Waals surface area (Å²) in [6, 6.07) is 0.651. The third kappa shape index (κ3) is 3.40. The van der Waals surface area contributed by atoms with Crippen LogP contribution in [0, 0.1) is 0 Å². The van der Waals surface area contributed by atoms with E-state index in [1.807, 2.05) is 4.68 Å². The van der Waals surface area contributed by atoms with Crippen LogP contribution >= 0.6 is 0 Å². The van der Waals surface area contributed by atoms with Gasteiger partial charge in [-0.2, -0.15) is 5.10 Å². The van der Waals surface area contributed by atoms with E-state index < -0.39 is 0 Å². The molecule has 0 saturated carbocycles. The minimum absolute atomic E-state index is 0.651. The summed E-state index contributed by atoms with van der Waals surface area (Å²) in [7, 11) is 0. The molecular formula is C13H22N4. The van der Waals surface area contributed by atoms with E-state index in [1.54, 1.807) is 6.33 Å². The van der Waals surface area contributed by atoms with Gasteiger partial charge in [0.2, 0.25) is 0 Å². The van der Waals surface area contributed by atoms with Gasteiger partial charge in [0.05, 0.1) is 0 Å². The largest absolute Gasteiger partial charge is 0.314 e. The first-order chi connectivity index (χ1) is 8.29. The number of hydrogen-bond donors (Lipinski definition) is 1. The smallest absolute Gasteiger partial charge is 0.150 e. The number of piperidine rings is 1. The van der Waals surface area contributed by atoms with Crippen molar-refractivity contribution < 1.29 is 0 Å². The Hall–Kier alpha value is -1.16. The zero-order valence-corrected chi connectivity index (χ0v) is 10.8. The third-order valence-electron chi connectivity index (χ3n) is 3.30. The van der Waals surface area contributed by atoms with E-state index in [0.717, 1.165) is 18.8 Å². The number of aryl methyl sites for hydroxylation is 1. The highest BCUT2D eigenvalue weighted by Crippen LogP contribution is 2.16. The van der Waals surface area contributed by atoms with Crippen LogP contribution in [0.1, 0.15) is 45.4 Å². The van der Waals surface area contributed by atoms with Gasteiger partial charge in [0.1, 0.15) is 6.33 Å². The maximum Gasteiger partial charge on any atom is 0.150 e. The van der Waals surface area contributed by atoms with E-state index in [9.17, 15) is 0 Å². The molecule has 94 valence electrons. The summed E-state index contributed by atoms with van der Waals surface area (Å²) in [6.07, 6.45) is 8.88. The highest BCUT2D eigenvalue weighted by molar-refractivity contribution is 5.44. The number of hydrogen-bond acceptors (Lipinski definition) is 3. The van der Waals surface area contributed by atoms with Crippen molar-refractivity contribution in [1.82, 2.24) is 20.1 Å². The molecule has 4 nitrogen and oxygen atoms in total. The van der Waals surface area contributed by atoms with Crippen LogP contribution in [-0.2, 0) is 6.54 Å². The molecule has 0 radical (unpaired) electrons. The lowest BCUT2D eigenvalue weighted by atomic mass is 9.98. The number of rotatable bonds is 4. The Balaban J connectivity index is 1.96. The Kier molecular flexibility index (Phi) is 4.31. The normalized spacial score (nSPS) is 21.8. The number of nitrogens with zero attached hydrogens (tertiary/aromatic N) is 3. The van der Waals surface area contributed by atoms with E-state index in [2.05, 4.69) is 35.3 Å². The van der Waals surface area contributed by atoms with Crippen molar-refractivity contribution in [2.24, 2.45) is 0 Å². The topological polar surface area (TPSA) is 42.7 Å². The van der Waals surface area contributed by atoms with Gasteiger partial charge in [0.25, 0.3) is 0 Å². The van der Waals surface area contributed by atoms with Crippen LogP contribution in [-0.4, -0.2) is 27.4 Å². The van der Waals surface area contributed by atoms with E-state index in [-0.39, 0.29) is 0 Å². The van der Waals surface area contributed by atoms with Crippen LogP contribution in [0.5, 0.6) is 0 Å². The van der Waals surface area contributed by atoms with Crippen molar-refractivity contribution in [3.05, 3.63) is 17.7 Å². The minimum Gasteiger partial charge on any atom is -0.314 e. The molecule has 2 heterocycles. The fourth-order valence-electron chi connectivity index (χ4n) is 2.39. The van der Waals surface area contributed by atoms with Gasteiger partial charge in [-0.25, -0.2) is 9.67 Å². The van der Waals surface area contributed by atoms with Gasteiger partial charge in [0.15, 0.2) is 5.82 Å². The van der Waals surface area contributed by atoms with Gasteiger partial charge in [-0.05, 0) is 45.7 Å². The second-order valence-electron chi connectivity index (χ2n) is 4.78. The third-order valence-corrected chi connectivity index (χ3v) is 3.30. The van der Waals surface area contributed by atoms with Gasteiger partial charge in [-0.3, -0.25) is 0 Å². The molecular weight excluding hydrogens is 212 g/mol. The predicted octanol–water partition coefficient (Wildman–Crippen LogP) is 2.23. The van der Waals surface area contributed by atoms with Crippen LogP contribution in [0.4, 0.5) is 0 Å². The van der Waals surface area contributed by atoms with E-state index >= 15 is 0 Å². The fourth-order valence-corrected chi connectivity index (χ4v) is 2.39. The lowest BCUT2D eigenvalue weighted by Gasteiger charge is -2.23. The minimum atomic E-state index is 0.651. The first kappa shape index (κ1) is 12.3. The molecule has 2 rings (SSSR count). The molecule has 1 aromatic rings. The maximum absolute atomic E-state index is 4.28. The van der Waals surface area contributed by atoms with Gasteiger partial charge < -0.3 is 5.32 Å². The Morgan fingerprint density at radius 3 is 3.18 bits per heavy atom. The summed E-state index contributed by atoms with van der Waals surface area (Å²) >= 11 is 0. The standard InChI is InChI=1S/C13H22N4/c1-3-17-13(15-10-16-17)9-11(2)8-12-6-4-5-7-14-12/h9-10,12,14H,3-8H2,1-2H3/b11-9-. The Morgan fingerprint density at radius 2 is 2.47 bits per heavy atom. The van der Waals surface area contributed by atoms with Crippen molar-refractivity contribution in [3.63, 3.8) is 0 Å². The average molecular weight is 234 g/mol. The summed E-state index contributed by atoms with van der Waals surface area (Å²) in [5, 5.41) is 7.75. The summed E-state index contributed by atoms with van der Waals surface area (Å²) < 4.78 is 1.93. The number of nitrogens with one attached hydrogen (secondary N) is 1. The maximum atomic E-state index is 4.28. The summed E-state index contributed by atoms with van der Waals surface area (Å²) in [6.45, 7) is 6.32. The first-order valence-corrected chi connectivity index (χ1v) is 6.58. The van der Waals surface area contributed by atoms with E-state index in [0.29, 0.717) is 6.04 Å². The van der Waals surface area contributed by atoms with Crippen molar-refractivity contribution >= 4 is 6.08 Å². The molecule has 0 amide bonds. The summed E-state index contributed by atoms with van der Waals surface area (Å²) in [5.74, 6) is 0.973. The molecule has 0 spiro atoms. The van der Waals surface area contributed by atoms with Crippen LogP contribution in [0.2, 0.25) is 0 Å². The molecule has 17 heavy (non-hydrogen) atoms. The molecule has 0 aromatic carbocycles. The Bertz CT molecular complexity index is 375. The molecule has 1 atom stereocenters. The van der Waals surface area contributed by atoms with Crippen molar-refractivity contribution in [3.8, 4) is 0 Å². The van der Waals surface area contributed by atoms with Crippen LogP contribution in [0.3, 0.4) is 0 Å². The molecule has 1 saturated heterocycles. The highest BCUT2D eigenvalue weighted by Gasteiger charge is 2.12. The molecule has 4 heteroatoms. The quantitative estimate of drug-likeness (QED) is 0.868. The molecule has 0 bridgehead atoms. The van der Waals surface area contributed by atoms with Gasteiger partial charge in [-0.15, -0.1) is 0 Å². The lowest BCUT2D eigenvalue weighted by molar-refractivity contribution is 0.399. The second kappa shape index (κ2) is 5.96. The van der Waals surface area contributed by atoms with E-state index in [4.69, 9.17) is 0 Å². The molecule has 0 aliphatic carbocycles. The second-order valence-corrected chi connectivity index (χ2v) is 4.78.